The summed E-state index contributed by atoms with van der Waals surface area (Å²) in [6, 6.07) is 10.3. The van der Waals surface area contributed by atoms with Gasteiger partial charge in [-0.25, -0.2) is 0 Å². The minimum Gasteiger partial charge on any atom is -0.493 e. The molecule has 0 saturated carbocycles. The molecule has 1 aromatic heterocycles. The van der Waals surface area contributed by atoms with Crippen LogP contribution in [0.4, 0.5) is 0 Å². The summed E-state index contributed by atoms with van der Waals surface area (Å²) in [5.41, 5.74) is 1.91. The van der Waals surface area contributed by atoms with Crippen LogP contribution in [0.5, 0.6) is 11.5 Å². The Morgan fingerprint density at radius 2 is 1.86 bits per heavy atom. The molecule has 29 heavy (non-hydrogen) atoms. The van der Waals surface area contributed by atoms with Gasteiger partial charge in [-0.05, 0) is 44.0 Å². The number of aromatic nitrogens is 1. The van der Waals surface area contributed by atoms with Crippen LogP contribution in [0, 0.1) is 0 Å². The number of para-hydroxylation sites is 1. The van der Waals surface area contributed by atoms with Crippen LogP contribution in [0.2, 0.25) is 0 Å². The molecule has 0 spiro atoms. The zero-order chi connectivity index (χ0) is 20.2. The fourth-order valence-electron chi connectivity index (χ4n) is 4.71. The highest BCUT2D eigenvalue weighted by atomic mass is 16.5. The Hall–Kier alpha value is -2.60. The number of pyridine rings is 1. The number of piperidine rings is 1. The van der Waals surface area contributed by atoms with Gasteiger partial charge in [0.15, 0.2) is 11.5 Å². The van der Waals surface area contributed by atoms with Crippen LogP contribution in [0.25, 0.3) is 0 Å². The summed E-state index contributed by atoms with van der Waals surface area (Å²) in [4.78, 5) is 21.3. The van der Waals surface area contributed by atoms with E-state index < -0.39 is 0 Å². The SMILES string of the molecule is COc1cccc(C2CCN(C3CCN(C(=O)c4cccnc4)CC3)C2)c1OC. The van der Waals surface area contributed by atoms with Gasteiger partial charge in [-0.15, -0.1) is 0 Å². The molecule has 1 aromatic carbocycles. The average molecular weight is 396 g/mol. The number of hydrogen-bond acceptors (Lipinski definition) is 5. The van der Waals surface area contributed by atoms with Crippen LogP contribution in [0.15, 0.2) is 42.7 Å². The van der Waals surface area contributed by atoms with Gasteiger partial charge in [-0.3, -0.25) is 14.7 Å². The van der Waals surface area contributed by atoms with E-state index in [-0.39, 0.29) is 5.91 Å². The number of rotatable bonds is 5. The molecule has 0 aliphatic carbocycles. The minimum atomic E-state index is 0.0944. The predicted molar refractivity (Wildman–Crippen MR) is 112 cm³/mol. The van der Waals surface area contributed by atoms with E-state index in [0.717, 1.165) is 56.9 Å². The molecule has 1 unspecified atom stereocenters. The molecule has 0 N–H and O–H groups in total. The number of carbonyl (C=O) groups is 1. The topological polar surface area (TPSA) is 54.9 Å². The quantitative estimate of drug-likeness (QED) is 0.778. The van der Waals surface area contributed by atoms with Crippen molar-refractivity contribution in [3.05, 3.63) is 53.9 Å². The summed E-state index contributed by atoms with van der Waals surface area (Å²) in [7, 11) is 3.40. The van der Waals surface area contributed by atoms with Crippen molar-refractivity contribution in [1.29, 1.82) is 0 Å². The van der Waals surface area contributed by atoms with Gasteiger partial charge >= 0.3 is 0 Å². The first kappa shape index (κ1) is 19.7. The standard InChI is InChI=1S/C23H29N3O3/c1-28-21-7-3-6-20(22(21)29-2)18-8-12-26(16-18)19-9-13-25(14-10-19)23(27)17-5-4-11-24-15-17/h3-7,11,15,18-19H,8-10,12-14,16H2,1-2H3. The molecule has 2 aliphatic heterocycles. The molecule has 2 fully saturated rings. The third-order valence-corrected chi connectivity index (χ3v) is 6.27. The van der Waals surface area contributed by atoms with E-state index in [2.05, 4.69) is 16.0 Å². The van der Waals surface area contributed by atoms with E-state index in [1.54, 1.807) is 26.6 Å². The molecule has 0 radical (unpaired) electrons. The van der Waals surface area contributed by atoms with E-state index in [9.17, 15) is 4.79 Å². The summed E-state index contributed by atoms with van der Waals surface area (Å²) < 4.78 is 11.1. The van der Waals surface area contributed by atoms with Crippen molar-refractivity contribution in [2.45, 2.75) is 31.2 Å². The van der Waals surface area contributed by atoms with E-state index in [1.165, 1.54) is 5.56 Å². The lowest BCUT2D eigenvalue weighted by molar-refractivity contribution is 0.0643. The maximum atomic E-state index is 12.6. The van der Waals surface area contributed by atoms with Crippen LogP contribution in [0.3, 0.4) is 0 Å². The summed E-state index contributed by atoms with van der Waals surface area (Å²) in [6.45, 7) is 3.74. The van der Waals surface area contributed by atoms with E-state index in [0.29, 0.717) is 17.5 Å². The molecule has 2 aromatic rings. The first-order chi connectivity index (χ1) is 14.2. The molecule has 6 heteroatoms. The molecule has 0 bridgehead atoms. The predicted octanol–water partition coefficient (Wildman–Crippen LogP) is 3.19. The Morgan fingerprint density at radius 3 is 2.55 bits per heavy atom. The number of ether oxygens (including phenoxy) is 2. The Labute approximate surface area is 172 Å². The number of carbonyl (C=O) groups excluding carboxylic acids is 1. The minimum absolute atomic E-state index is 0.0944. The fourth-order valence-corrected chi connectivity index (χ4v) is 4.71. The highest BCUT2D eigenvalue weighted by Crippen LogP contribution is 2.40. The van der Waals surface area contributed by atoms with E-state index in [4.69, 9.17) is 9.47 Å². The first-order valence-corrected chi connectivity index (χ1v) is 10.4. The highest BCUT2D eigenvalue weighted by molar-refractivity contribution is 5.93. The lowest BCUT2D eigenvalue weighted by Gasteiger charge is -2.37. The van der Waals surface area contributed by atoms with Gasteiger partial charge in [0.2, 0.25) is 0 Å². The van der Waals surface area contributed by atoms with Crippen LogP contribution in [-0.2, 0) is 0 Å². The van der Waals surface area contributed by atoms with Gasteiger partial charge in [-0.1, -0.05) is 12.1 Å². The Balaban J connectivity index is 1.36. The first-order valence-electron chi connectivity index (χ1n) is 10.4. The Kier molecular flexibility index (Phi) is 6.00. The van der Waals surface area contributed by atoms with Crippen LogP contribution in [-0.4, -0.2) is 67.1 Å². The normalized spacial score (nSPS) is 20.6. The molecule has 2 saturated heterocycles. The Bertz CT molecular complexity index is 835. The smallest absolute Gasteiger partial charge is 0.255 e. The number of amides is 1. The number of nitrogens with zero attached hydrogens (tertiary/aromatic N) is 3. The van der Waals surface area contributed by atoms with Gasteiger partial charge < -0.3 is 14.4 Å². The molecular weight excluding hydrogens is 366 g/mol. The van der Waals surface area contributed by atoms with Crippen molar-refractivity contribution in [1.82, 2.24) is 14.8 Å². The molecule has 6 nitrogen and oxygen atoms in total. The van der Waals surface area contributed by atoms with Crippen LogP contribution >= 0.6 is 0 Å². The number of likely N-dealkylation sites (tertiary alicyclic amines) is 2. The van der Waals surface area contributed by atoms with Crippen molar-refractivity contribution < 1.29 is 14.3 Å². The lowest BCUT2D eigenvalue weighted by Crippen LogP contribution is -2.46. The number of methoxy groups -OCH3 is 2. The summed E-state index contributed by atoms with van der Waals surface area (Å²) in [6.07, 6.45) is 6.52. The summed E-state index contributed by atoms with van der Waals surface area (Å²) >= 11 is 0. The maximum Gasteiger partial charge on any atom is 0.255 e. The lowest BCUT2D eigenvalue weighted by atomic mass is 9.96. The second kappa shape index (κ2) is 8.82. The number of hydrogen-bond donors (Lipinski definition) is 0. The molecule has 154 valence electrons. The monoisotopic (exact) mass is 395 g/mol. The van der Waals surface area contributed by atoms with Gasteiger partial charge in [-0.2, -0.15) is 0 Å². The van der Waals surface area contributed by atoms with Gasteiger partial charge in [0.05, 0.1) is 19.8 Å². The summed E-state index contributed by atoms with van der Waals surface area (Å²) in [5, 5.41) is 0. The Morgan fingerprint density at radius 1 is 1.03 bits per heavy atom. The molecule has 1 atom stereocenters. The zero-order valence-electron chi connectivity index (χ0n) is 17.2. The fraction of sp³-hybridized carbons (Fsp3) is 0.478. The third kappa shape index (κ3) is 4.08. The van der Waals surface area contributed by atoms with Gasteiger partial charge in [0.1, 0.15) is 0 Å². The average Bonchev–Trinajstić information content (AvgIpc) is 3.28. The molecule has 4 rings (SSSR count). The maximum absolute atomic E-state index is 12.6. The van der Waals surface area contributed by atoms with Gasteiger partial charge in [0.25, 0.3) is 5.91 Å². The van der Waals surface area contributed by atoms with E-state index >= 15 is 0 Å². The summed E-state index contributed by atoms with van der Waals surface area (Å²) in [5.74, 6) is 2.21. The van der Waals surface area contributed by atoms with Crippen molar-refractivity contribution in [2.75, 3.05) is 40.4 Å². The van der Waals surface area contributed by atoms with Gasteiger partial charge in [0, 0.05) is 49.6 Å². The van der Waals surface area contributed by atoms with Crippen LogP contribution < -0.4 is 9.47 Å². The van der Waals surface area contributed by atoms with E-state index in [1.807, 2.05) is 29.2 Å². The zero-order valence-corrected chi connectivity index (χ0v) is 17.2. The largest absolute Gasteiger partial charge is 0.493 e. The van der Waals surface area contributed by atoms with Crippen molar-refractivity contribution in [3.63, 3.8) is 0 Å². The second-order valence-electron chi connectivity index (χ2n) is 7.83. The van der Waals surface area contributed by atoms with Crippen molar-refractivity contribution in [2.24, 2.45) is 0 Å². The van der Waals surface area contributed by atoms with Crippen LogP contribution in [0.1, 0.15) is 41.1 Å². The molecule has 3 heterocycles. The number of benzene rings is 1. The molecule has 2 aliphatic rings. The third-order valence-electron chi connectivity index (χ3n) is 6.27. The molecular formula is C23H29N3O3. The molecule has 1 amide bonds. The highest BCUT2D eigenvalue weighted by Gasteiger charge is 2.33. The van der Waals surface area contributed by atoms with Crippen molar-refractivity contribution in [3.8, 4) is 11.5 Å². The second-order valence-corrected chi connectivity index (χ2v) is 7.83. The van der Waals surface area contributed by atoms with Crippen molar-refractivity contribution >= 4 is 5.91 Å².